The van der Waals surface area contributed by atoms with Crippen LogP contribution in [0.2, 0.25) is 0 Å². The van der Waals surface area contributed by atoms with E-state index in [0.717, 1.165) is 0 Å². The number of anilines is 1. The van der Waals surface area contributed by atoms with Gasteiger partial charge in [0.2, 0.25) is 0 Å². The minimum atomic E-state index is -10.5. The first-order valence-corrected chi connectivity index (χ1v) is 8.66. The Labute approximate surface area is 141 Å². The average Bonchev–Trinajstić information content (AvgIpc) is 2.76. The van der Waals surface area contributed by atoms with Gasteiger partial charge in [0.25, 0.3) is 17.5 Å². The monoisotopic (exact) mass is 394 g/mol. The van der Waals surface area contributed by atoms with Gasteiger partial charge in [-0.1, -0.05) is 31.6 Å². The zero-order chi connectivity index (χ0) is 19.6. The van der Waals surface area contributed by atoms with Crippen molar-refractivity contribution in [3.63, 3.8) is 0 Å². The van der Waals surface area contributed by atoms with Gasteiger partial charge in [0.05, 0.1) is 21.7 Å². The first kappa shape index (κ1) is 17.8. The molecule has 6 nitrogen and oxygen atoms in total. The smallest absolute Gasteiger partial charge is 0.268 e. The lowest BCUT2D eigenvalue weighted by molar-refractivity contribution is -0.388. The number of imide groups is 1. The number of nitro benzene ring substituents is 1. The quantitative estimate of drug-likeness (QED) is 0.316. The average molecular weight is 394 g/mol. The number of nitro groups is 1. The number of amides is 2. The summed E-state index contributed by atoms with van der Waals surface area (Å²) in [6, 6.07) is 5.87. The van der Waals surface area contributed by atoms with Crippen LogP contribution in [-0.4, -0.2) is 16.7 Å². The zero-order valence-corrected chi connectivity index (χ0v) is 13.2. The molecule has 26 heavy (non-hydrogen) atoms. The maximum absolute atomic E-state index is 13.2. The molecule has 1 heterocycles. The summed E-state index contributed by atoms with van der Waals surface area (Å²) in [4.78, 5) is 31.1. The van der Waals surface area contributed by atoms with Crippen LogP contribution in [0.25, 0.3) is 0 Å². The van der Waals surface area contributed by atoms with Crippen LogP contribution in [-0.2, 0) is 0 Å². The molecule has 0 N–H and O–H groups in total. The lowest BCUT2D eigenvalue weighted by Crippen LogP contribution is -2.29. The van der Waals surface area contributed by atoms with E-state index in [1.54, 1.807) is 0 Å². The number of carbonyl (C=O) groups is 2. The van der Waals surface area contributed by atoms with Crippen molar-refractivity contribution in [3.8, 4) is 0 Å². The van der Waals surface area contributed by atoms with E-state index >= 15 is 0 Å². The summed E-state index contributed by atoms with van der Waals surface area (Å²) in [5, 5.41) is 10.7. The summed E-state index contributed by atoms with van der Waals surface area (Å²) in [6.45, 7) is 0. The molecule has 2 aromatic carbocycles. The van der Waals surface area contributed by atoms with Crippen LogP contribution < -0.4 is 4.90 Å². The van der Waals surface area contributed by atoms with Gasteiger partial charge in [-0.05, 0) is 24.3 Å². The van der Waals surface area contributed by atoms with Crippen LogP contribution in [0, 0.1) is 10.1 Å². The number of hydrogen-bond donors (Lipinski definition) is 0. The van der Waals surface area contributed by atoms with Crippen LogP contribution >= 0.6 is 10.2 Å². The van der Waals surface area contributed by atoms with Crippen LogP contribution in [0.3, 0.4) is 0 Å². The lowest BCUT2D eigenvalue weighted by Gasteiger charge is -2.40. The molecule has 3 rings (SSSR count). The largest absolute Gasteiger partial charge is 0.316 e. The van der Waals surface area contributed by atoms with Gasteiger partial charge < -0.3 is 0 Å². The van der Waals surface area contributed by atoms with Gasteiger partial charge in [0.15, 0.2) is 4.90 Å². The second kappa shape index (κ2) is 4.58. The molecule has 2 amide bonds. The Balaban J connectivity index is 2.23. The third kappa shape index (κ3) is 2.77. The molecular formula is C14H7F5N2O4S. The van der Waals surface area contributed by atoms with E-state index in [-0.39, 0.29) is 28.2 Å². The summed E-state index contributed by atoms with van der Waals surface area (Å²) in [5.41, 5.74) is -2.95. The number of hydrogen-bond acceptors (Lipinski definition) is 4. The van der Waals surface area contributed by atoms with E-state index in [2.05, 4.69) is 0 Å². The number of nitrogens with zero attached hydrogens (tertiary/aromatic N) is 2. The molecule has 12 heteroatoms. The Morgan fingerprint density at radius 2 is 1.38 bits per heavy atom. The summed E-state index contributed by atoms with van der Waals surface area (Å²) in [5.74, 6) is -2.04. The number of halogens is 5. The Morgan fingerprint density at radius 3 is 1.81 bits per heavy atom. The highest BCUT2D eigenvalue weighted by atomic mass is 32.5. The molecule has 1 aliphatic heterocycles. The molecule has 0 fully saturated rings. The highest BCUT2D eigenvalue weighted by Gasteiger charge is 2.69. The van der Waals surface area contributed by atoms with Crippen LogP contribution in [0.5, 0.6) is 0 Å². The van der Waals surface area contributed by atoms with E-state index in [4.69, 9.17) is 0 Å². The first-order valence-electron chi connectivity index (χ1n) is 6.71. The highest BCUT2D eigenvalue weighted by molar-refractivity contribution is 8.45. The summed E-state index contributed by atoms with van der Waals surface area (Å²) >= 11 is 0. The molecule has 0 radical (unpaired) electrons. The first-order chi connectivity index (χ1) is 11.7. The van der Waals surface area contributed by atoms with Crippen molar-refractivity contribution < 1.29 is 33.9 Å². The molecular weight excluding hydrogens is 387 g/mol. The van der Waals surface area contributed by atoms with E-state index in [9.17, 15) is 39.1 Å². The molecule has 0 unspecified atom stereocenters. The second-order valence-electron chi connectivity index (χ2n) is 5.37. The Kier molecular flexibility index (Phi) is 3.13. The van der Waals surface area contributed by atoms with E-state index in [0.29, 0.717) is 6.07 Å². The third-order valence-corrected chi connectivity index (χ3v) is 4.77. The number of rotatable bonds is 3. The predicted molar refractivity (Wildman–Crippen MR) is 82.1 cm³/mol. The standard InChI is InChI=1S/C14H7F5N2O4S/c15-26(16,17,18,19)12-7-8(5-6-11(12)21(24)25)20-13(22)9-3-1-2-4-10(9)14(20)23/h1-7H. The van der Waals surface area contributed by atoms with Crippen molar-refractivity contribution in [3.05, 3.63) is 63.7 Å². The minimum absolute atomic E-state index is 0.121. The van der Waals surface area contributed by atoms with Crippen LogP contribution in [0.4, 0.5) is 30.8 Å². The summed E-state index contributed by atoms with van der Waals surface area (Å²) in [7, 11) is -10.5. The van der Waals surface area contributed by atoms with E-state index in [1.165, 1.54) is 24.3 Å². The van der Waals surface area contributed by atoms with Crippen molar-refractivity contribution in [2.24, 2.45) is 0 Å². The Bertz CT molecular complexity index is 972. The molecule has 0 bridgehead atoms. The van der Waals surface area contributed by atoms with Crippen molar-refractivity contribution in [1.29, 1.82) is 0 Å². The number of carbonyl (C=O) groups excluding carboxylic acids is 2. The van der Waals surface area contributed by atoms with Gasteiger partial charge in [-0.2, -0.15) is 0 Å². The van der Waals surface area contributed by atoms with E-state index < -0.39 is 43.2 Å². The lowest BCUT2D eigenvalue weighted by atomic mass is 10.1. The maximum Gasteiger partial charge on any atom is 0.316 e. The molecule has 0 saturated heterocycles. The van der Waals surface area contributed by atoms with Crippen molar-refractivity contribution in [1.82, 2.24) is 0 Å². The van der Waals surface area contributed by atoms with Gasteiger partial charge in [0.1, 0.15) is 0 Å². The molecule has 0 aliphatic carbocycles. The van der Waals surface area contributed by atoms with Crippen LogP contribution in [0.1, 0.15) is 20.7 Å². The fraction of sp³-hybridized carbons (Fsp3) is 0. The van der Waals surface area contributed by atoms with Crippen molar-refractivity contribution in [2.45, 2.75) is 4.90 Å². The van der Waals surface area contributed by atoms with Crippen LogP contribution in [0.15, 0.2) is 47.4 Å². The normalized spacial score (nSPS) is 16.9. The predicted octanol–water partition coefficient (Wildman–Crippen LogP) is 5.05. The second-order valence-corrected chi connectivity index (χ2v) is 7.75. The minimum Gasteiger partial charge on any atom is -0.268 e. The zero-order valence-electron chi connectivity index (χ0n) is 12.4. The topological polar surface area (TPSA) is 80.5 Å². The fourth-order valence-corrected chi connectivity index (χ4v) is 3.41. The molecule has 2 aromatic rings. The molecule has 138 valence electrons. The van der Waals surface area contributed by atoms with Gasteiger partial charge in [0, 0.05) is 6.07 Å². The number of fused-ring (bicyclic) bond motifs is 1. The molecule has 0 atom stereocenters. The van der Waals surface area contributed by atoms with Gasteiger partial charge >= 0.3 is 10.2 Å². The molecule has 0 spiro atoms. The maximum atomic E-state index is 13.2. The van der Waals surface area contributed by atoms with Gasteiger partial charge in [-0.15, -0.1) is 0 Å². The van der Waals surface area contributed by atoms with Crippen molar-refractivity contribution in [2.75, 3.05) is 4.90 Å². The fourth-order valence-electron chi connectivity index (χ4n) is 2.53. The Hall–Kier alpha value is -3.02. The third-order valence-electron chi connectivity index (χ3n) is 3.61. The van der Waals surface area contributed by atoms with Gasteiger partial charge in [-0.3, -0.25) is 19.7 Å². The number of benzene rings is 2. The Morgan fingerprint density at radius 1 is 0.885 bits per heavy atom. The molecule has 0 aromatic heterocycles. The SMILES string of the molecule is O=C1c2ccccc2C(=O)N1c1ccc([N+](=O)[O-])c(S(F)(F)(F)(F)F)c1. The van der Waals surface area contributed by atoms with Gasteiger partial charge in [-0.25, -0.2) is 4.90 Å². The summed E-state index contributed by atoms with van der Waals surface area (Å²) in [6.07, 6.45) is 0. The molecule has 1 aliphatic rings. The molecule has 0 saturated carbocycles. The highest BCUT2D eigenvalue weighted by Crippen LogP contribution is 3.03. The van der Waals surface area contributed by atoms with E-state index in [1.807, 2.05) is 0 Å². The summed E-state index contributed by atoms with van der Waals surface area (Å²) < 4.78 is 66.0. The van der Waals surface area contributed by atoms with Crippen molar-refractivity contribution >= 4 is 33.4 Å².